The molecular weight excluding hydrogens is 263 g/mol. The molecule has 0 saturated carbocycles. The molecule has 0 aliphatic carbocycles. The van der Waals surface area contributed by atoms with Gasteiger partial charge in [-0.2, -0.15) is 0 Å². The van der Waals surface area contributed by atoms with E-state index in [-0.39, 0.29) is 5.82 Å². The van der Waals surface area contributed by atoms with Crippen molar-refractivity contribution in [2.24, 2.45) is 0 Å². The van der Waals surface area contributed by atoms with Crippen LogP contribution in [0, 0.1) is 5.82 Å². The Balaban J connectivity index is 2.00. The lowest BCUT2D eigenvalue weighted by Crippen LogP contribution is -2.14. The summed E-state index contributed by atoms with van der Waals surface area (Å²) in [6.07, 6.45) is 2.94. The fourth-order valence-electron chi connectivity index (χ4n) is 1.67. The molecule has 0 saturated heterocycles. The van der Waals surface area contributed by atoms with E-state index in [2.05, 4.69) is 17.1 Å². The maximum Gasteiger partial charge on any atom is 0.210 e. The van der Waals surface area contributed by atoms with Crippen LogP contribution in [0.1, 0.15) is 31.2 Å². The number of nitrogens with two attached hydrogens (primary N) is 1. The van der Waals surface area contributed by atoms with Gasteiger partial charge in [0.25, 0.3) is 0 Å². The van der Waals surface area contributed by atoms with Gasteiger partial charge >= 0.3 is 0 Å². The second-order valence-corrected chi connectivity index (χ2v) is 5.19. The van der Waals surface area contributed by atoms with Crippen molar-refractivity contribution in [3.8, 4) is 0 Å². The summed E-state index contributed by atoms with van der Waals surface area (Å²) in [4.78, 5) is 0. The van der Waals surface area contributed by atoms with Crippen molar-refractivity contribution in [3.05, 3.63) is 41.5 Å². The van der Waals surface area contributed by atoms with Gasteiger partial charge in [0.2, 0.25) is 5.16 Å². The highest BCUT2D eigenvalue weighted by Gasteiger charge is 2.10. The fraction of sp³-hybridized carbons (Fsp3) is 0.385. The van der Waals surface area contributed by atoms with Crippen LogP contribution in [0.15, 0.2) is 29.4 Å². The van der Waals surface area contributed by atoms with Crippen LogP contribution in [0.25, 0.3) is 0 Å². The summed E-state index contributed by atoms with van der Waals surface area (Å²) in [6.45, 7) is 2.12. The number of thioether (sulfide) groups is 1. The van der Waals surface area contributed by atoms with Crippen LogP contribution in [0.2, 0.25) is 0 Å². The highest BCUT2D eigenvalue weighted by atomic mass is 32.2. The van der Waals surface area contributed by atoms with Crippen LogP contribution in [-0.2, 0) is 12.2 Å². The average Bonchev–Trinajstić information content (AvgIpc) is 2.76. The number of aromatic nitrogens is 3. The first kappa shape index (κ1) is 13.9. The number of nitrogens with zero attached hydrogens (tertiary/aromatic N) is 3. The van der Waals surface area contributed by atoms with Gasteiger partial charge in [0.15, 0.2) is 5.82 Å². The minimum atomic E-state index is -0.204. The quantitative estimate of drug-likeness (QED) is 0.653. The second-order valence-electron chi connectivity index (χ2n) is 4.25. The van der Waals surface area contributed by atoms with Crippen molar-refractivity contribution in [2.45, 2.75) is 37.1 Å². The first-order valence-corrected chi connectivity index (χ1v) is 7.26. The number of benzene rings is 1. The van der Waals surface area contributed by atoms with Gasteiger partial charge in [0.05, 0.1) is 0 Å². The summed E-state index contributed by atoms with van der Waals surface area (Å²) in [5.74, 6) is 6.99. The van der Waals surface area contributed by atoms with Crippen LogP contribution in [0.5, 0.6) is 0 Å². The molecule has 0 unspecified atom stereocenters. The zero-order chi connectivity index (χ0) is 13.7. The molecule has 0 amide bonds. The smallest absolute Gasteiger partial charge is 0.210 e. The molecule has 0 bridgehead atoms. The SMILES string of the molecule is CCCCc1nnc(SCc2ccccc2F)n1N. The van der Waals surface area contributed by atoms with Crippen molar-refractivity contribution in [1.82, 2.24) is 14.9 Å². The number of unbranched alkanes of at least 4 members (excludes halogenated alkanes) is 1. The van der Waals surface area contributed by atoms with Gasteiger partial charge < -0.3 is 5.84 Å². The second kappa shape index (κ2) is 6.56. The van der Waals surface area contributed by atoms with Crippen molar-refractivity contribution < 1.29 is 4.39 Å². The maximum absolute atomic E-state index is 13.5. The molecule has 1 aromatic carbocycles. The van der Waals surface area contributed by atoms with Crippen LogP contribution < -0.4 is 5.84 Å². The third-order valence-corrected chi connectivity index (χ3v) is 3.80. The first-order valence-electron chi connectivity index (χ1n) is 6.28. The van der Waals surface area contributed by atoms with E-state index >= 15 is 0 Å². The predicted molar refractivity (Wildman–Crippen MR) is 74.7 cm³/mol. The molecular formula is C13H17FN4S. The Labute approximate surface area is 116 Å². The van der Waals surface area contributed by atoms with E-state index < -0.39 is 0 Å². The number of aryl methyl sites for hydroxylation is 1. The molecule has 0 aliphatic heterocycles. The normalized spacial score (nSPS) is 10.8. The molecule has 0 atom stereocenters. The first-order chi connectivity index (χ1) is 9.22. The summed E-state index contributed by atoms with van der Waals surface area (Å²) in [6, 6.07) is 6.71. The summed E-state index contributed by atoms with van der Waals surface area (Å²) in [5.41, 5.74) is 0.644. The number of hydrogen-bond donors (Lipinski definition) is 1. The Bertz CT molecular complexity index is 541. The molecule has 0 spiro atoms. The molecule has 2 aromatic rings. The van der Waals surface area contributed by atoms with E-state index in [0.717, 1.165) is 25.1 Å². The number of halogens is 1. The van der Waals surface area contributed by atoms with Crippen LogP contribution >= 0.6 is 11.8 Å². The molecule has 1 aromatic heterocycles. The summed E-state index contributed by atoms with van der Waals surface area (Å²) in [5, 5.41) is 8.72. The average molecular weight is 280 g/mol. The van der Waals surface area contributed by atoms with Gasteiger partial charge in [-0.1, -0.05) is 43.3 Å². The van der Waals surface area contributed by atoms with Gasteiger partial charge in [0.1, 0.15) is 5.82 Å². The van der Waals surface area contributed by atoms with Gasteiger partial charge in [-0.25, -0.2) is 9.07 Å². The van der Waals surface area contributed by atoms with Gasteiger partial charge in [0, 0.05) is 12.2 Å². The van der Waals surface area contributed by atoms with Crippen molar-refractivity contribution >= 4 is 11.8 Å². The highest BCUT2D eigenvalue weighted by Crippen LogP contribution is 2.22. The Morgan fingerprint density at radius 2 is 2.11 bits per heavy atom. The molecule has 2 rings (SSSR count). The molecule has 102 valence electrons. The van der Waals surface area contributed by atoms with Gasteiger partial charge in [-0.3, -0.25) is 0 Å². The minimum Gasteiger partial charge on any atom is -0.336 e. The Hall–Kier alpha value is -1.56. The van der Waals surface area contributed by atoms with Gasteiger partial charge in [-0.15, -0.1) is 10.2 Å². The standard InChI is InChI=1S/C13H17FN4S/c1-2-3-8-12-16-17-13(18(12)15)19-9-10-6-4-5-7-11(10)14/h4-7H,2-3,8-9,15H2,1H3. The number of rotatable bonds is 6. The summed E-state index contributed by atoms with van der Waals surface area (Å²) < 4.78 is 15.0. The molecule has 2 N–H and O–H groups in total. The molecule has 19 heavy (non-hydrogen) atoms. The maximum atomic E-state index is 13.5. The fourth-order valence-corrected chi connectivity index (χ4v) is 2.53. The third-order valence-electron chi connectivity index (χ3n) is 2.80. The Morgan fingerprint density at radius 1 is 1.32 bits per heavy atom. The zero-order valence-corrected chi connectivity index (χ0v) is 11.7. The summed E-state index contributed by atoms with van der Waals surface area (Å²) in [7, 11) is 0. The molecule has 0 aliphatic rings. The van der Waals surface area contributed by atoms with Crippen molar-refractivity contribution in [3.63, 3.8) is 0 Å². The summed E-state index contributed by atoms with van der Waals surface area (Å²) >= 11 is 1.39. The highest BCUT2D eigenvalue weighted by molar-refractivity contribution is 7.98. The van der Waals surface area contributed by atoms with E-state index in [4.69, 9.17) is 5.84 Å². The lowest BCUT2D eigenvalue weighted by molar-refractivity contribution is 0.617. The van der Waals surface area contributed by atoms with Crippen LogP contribution in [0.3, 0.4) is 0 Å². The number of nitrogen functional groups attached to an aromatic ring is 1. The van der Waals surface area contributed by atoms with Crippen molar-refractivity contribution in [1.29, 1.82) is 0 Å². The molecule has 0 radical (unpaired) electrons. The Kier molecular flexibility index (Phi) is 4.79. The topological polar surface area (TPSA) is 56.7 Å². The van der Waals surface area contributed by atoms with E-state index in [1.165, 1.54) is 22.5 Å². The van der Waals surface area contributed by atoms with E-state index in [9.17, 15) is 4.39 Å². The van der Waals surface area contributed by atoms with Crippen molar-refractivity contribution in [2.75, 3.05) is 5.84 Å². The molecule has 4 nitrogen and oxygen atoms in total. The Morgan fingerprint density at radius 3 is 2.84 bits per heavy atom. The molecule has 1 heterocycles. The van der Waals surface area contributed by atoms with Gasteiger partial charge in [-0.05, 0) is 18.1 Å². The largest absolute Gasteiger partial charge is 0.336 e. The lowest BCUT2D eigenvalue weighted by atomic mass is 10.2. The van der Waals surface area contributed by atoms with E-state index in [1.54, 1.807) is 12.1 Å². The minimum absolute atomic E-state index is 0.204. The molecule has 0 fully saturated rings. The monoisotopic (exact) mass is 280 g/mol. The third kappa shape index (κ3) is 3.47. The zero-order valence-electron chi connectivity index (χ0n) is 10.8. The number of hydrogen-bond acceptors (Lipinski definition) is 4. The van der Waals surface area contributed by atoms with E-state index in [1.807, 2.05) is 6.07 Å². The molecule has 6 heteroatoms. The van der Waals surface area contributed by atoms with E-state index in [0.29, 0.717) is 16.5 Å². The predicted octanol–water partition coefficient (Wildman–Crippen LogP) is 2.77. The lowest BCUT2D eigenvalue weighted by Gasteiger charge is -2.04. The van der Waals surface area contributed by atoms with Crippen LogP contribution in [0.4, 0.5) is 4.39 Å². The van der Waals surface area contributed by atoms with Crippen LogP contribution in [-0.4, -0.2) is 14.9 Å².